The Hall–Kier alpha value is -0.810. The molecule has 0 aromatic heterocycles. The Morgan fingerprint density at radius 1 is 1.24 bits per heavy atom. The Kier molecular flexibility index (Phi) is 7.46. The Morgan fingerprint density at radius 2 is 1.81 bits per heavy atom. The van der Waals surface area contributed by atoms with Gasteiger partial charge in [0.1, 0.15) is 0 Å². The van der Waals surface area contributed by atoms with Gasteiger partial charge in [-0.15, -0.1) is 0 Å². The highest BCUT2D eigenvalue weighted by atomic mass is 35.5. The molecule has 1 aromatic carbocycles. The summed E-state index contributed by atoms with van der Waals surface area (Å²) in [5.41, 5.74) is 0.245. The minimum atomic E-state index is -0.218. The van der Waals surface area contributed by atoms with Gasteiger partial charge in [0.25, 0.3) is 0 Å². The molecule has 6 heteroatoms. The van der Waals surface area contributed by atoms with Crippen molar-refractivity contribution >= 4 is 34.8 Å². The number of nitrogens with one attached hydrogen (secondary N) is 2. The van der Waals surface area contributed by atoms with Gasteiger partial charge in [0.05, 0.1) is 22.3 Å². The summed E-state index contributed by atoms with van der Waals surface area (Å²) < 4.78 is 0. The molecule has 0 saturated heterocycles. The van der Waals surface area contributed by atoms with E-state index in [-0.39, 0.29) is 24.5 Å². The predicted molar refractivity (Wildman–Crippen MR) is 88.1 cm³/mol. The minimum Gasteiger partial charge on any atom is -0.396 e. The van der Waals surface area contributed by atoms with Crippen molar-refractivity contribution in [3.05, 3.63) is 28.2 Å². The van der Waals surface area contributed by atoms with Crippen molar-refractivity contribution in [3.63, 3.8) is 0 Å². The van der Waals surface area contributed by atoms with Crippen molar-refractivity contribution in [2.24, 2.45) is 5.41 Å². The van der Waals surface area contributed by atoms with Gasteiger partial charge in [-0.3, -0.25) is 4.79 Å². The van der Waals surface area contributed by atoms with Crippen LogP contribution in [0.4, 0.5) is 5.69 Å². The molecular formula is C15H22Cl2N2O2. The van der Waals surface area contributed by atoms with E-state index in [1.807, 2.05) is 13.8 Å². The van der Waals surface area contributed by atoms with E-state index in [1.54, 1.807) is 18.2 Å². The molecular weight excluding hydrogens is 311 g/mol. The topological polar surface area (TPSA) is 61.4 Å². The lowest BCUT2D eigenvalue weighted by Crippen LogP contribution is -2.39. The second-order valence-corrected chi connectivity index (χ2v) is 5.93. The lowest BCUT2D eigenvalue weighted by atomic mass is 9.83. The van der Waals surface area contributed by atoms with Gasteiger partial charge >= 0.3 is 0 Å². The largest absolute Gasteiger partial charge is 0.396 e. The van der Waals surface area contributed by atoms with E-state index in [4.69, 9.17) is 23.2 Å². The fourth-order valence-corrected chi connectivity index (χ4v) is 2.51. The number of amides is 1. The smallest absolute Gasteiger partial charge is 0.238 e. The SMILES string of the molecule is CCC(CC)(CO)CNCC(=O)Nc1c(Cl)cccc1Cl. The fourth-order valence-electron chi connectivity index (χ4n) is 2.02. The van der Waals surface area contributed by atoms with Gasteiger partial charge in [-0.1, -0.05) is 43.1 Å². The van der Waals surface area contributed by atoms with Gasteiger partial charge in [-0.2, -0.15) is 0 Å². The molecule has 0 atom stereocenters. The lowest BCUT2D eigenvalue weighted by Gasteiger charge is -2.29. The Morgan fingerprint density at radius 3 is 2.29 bits per heavy atom. The molecule has 0 aliphatic heterocycles. The summed E-state index contributed by atoms with van der Waals surface area (Å²) in [5, 5.41) is 16.1. The van der Waals surface area contributed by atoms with Crippen LogP contribution < -0.4 is 10.6 Å². The van der Waals surface area contributed by atoms with Crippen molar-refractivity contribution in [2.45, 2.75) is 26.7 Å². The first kappa shape index (κ1) is 18.2. The highest BCUT2D eigenvalue weighted by molar-refractivity contribution is 6.39. The summed E-state index contributed by atoms with van der Waals surface area (Å²) in [7, 11) is 0. The van der Waals surface area contributed by atoms with Crippen LogP contribution in [0.5, 0.6) is 0 Å². The third-order valence-corrected chi connectivity index (χ3v) is 4.48. The minimum absolute atomic E-state index is 0.102. The molecule has 0 saturated carbocycles. The van der Waals surface area contributed by atoms with E-state index < -0.39 is 0 Å². The zero-order chi connectivity index (χ0) is 15.9. The number of aliphatic hydroxyl groups is 1. The molecule has 4 nitrogen and oxygen atoms in total. The van der Waals surface area contributed by atoms with Crippen LogP contribution in [0.2, 0.25) is 10.0 Å². The number of carbonyl (C=O) groups is 1. The van der Waals surface area contributed by atoms with Gasteiger partial charge in [0.15, 0.2) is 0 Å². The molecule has 0 fully saturated rings. The van der Waals surface area contributed by atoms with Crippen molar-refractivity contribution in [3.8, 4) is 0 Å². The second kappa shape index (κ2) is 8.59. The molecule has 0 unspecified atom stereocenters. The number of halogens is 2. The van der Waals surface area contributed by atoms with Crippen LogP contribution in [0.3, 0.4) is 0 Å². The number of para-hydroxylation sites is 1. The van der Waals surface area contributed by atoms with Crippen LogP contribution in [-0.4, -0.2) is 30.7 Å². The van der Waals surface area contributed by atoms with E-state index >= 15 is 0 Å². The van der Waals surface area contributed by atoms with E-state index in [0.717, 1.165) is 12.8 Å². The summed E-state index contributed by atoms with van der Waals surface area (Å²) in [5.74, 6) is -0.218. The van der Waals surface area contributed by atoms with Gasteiger partial charge in [0, 0.05) is 18.6 Å². The molecule has 3 N–H and O–H groups in total. The Labute approximate surface area is 135 Å². The molecule has 0 radical (unpaired) electrons. The Bertz CT molecular complexity index is 448. The second-order valence-electron chi connectivity index (χ2n) is 5.11. The molecule has 1 amide bonds. The van der Waals surface area contributed by atoms with E-state index in [9.17, 15) is 9.90 Å². The van der Waals surface area contributed by atoms with Crippen LogP contribution in [0.15, 0.2) is 18.2 Å². The number of hydrogen-bond acceptors (Lipinski definition) is 3. The van der Waals surface area contributed by atoms with Gasteiger partial charge in [-0.25, -0.2) is 0 Å². The van der Waals surface area contributed by atoms with Crippen LogP contribution in [0.25, 0.3) is 0 Å². The maximum absolute atomic E-state index is 11.9. The van der Waals surface area contributed by atoms with E-state index in [0.29, 0.717) is 22.3 Å². The maximum atomic E-state index is 11.9. The molecule has 0 aliphatic carbocycles. The number of rotatable bonds is 8. The third-order valence-electron chi connectivity index (χ3n) is 3.85. The van der Waals surface area contributed by atoms with Crippen LogP contribution in [0, 0.1) is 5.41 Å². The lowest BCUT2D eigenvalue weighted by molar-refractivity contribution is -0.115. The van der Waals surface area contributed by atoms with Gasteiger partial charge < -0.3 is 15.7 Å². The number of aliphatic hydroxyl groups excluding tert-OH is 1. The molecule has 0 aliphatic rings. The van der Waals surface area contributed by atoms with Crippen molar-refractivity contribution in [1.29, 1.82) is 0 Å². The monoisotopic (exact) mass is 332 g/mol. The Balaban J connectivity index is 2.52. The average Bonchev–Trinajstić information content (AvgIpc) is 2.48. The molecule has 21 heavy (non-hydrogen) atoms. The highest BCUT2D eigenvalue weighted by Crippen LogP contribution is 2.29. The summed E-state index contributed by atoms with van der Waals surface area (Å²) in [6.07, 6.45) is 1.70. The number of carbonyl (C=O) groups excluding carboxylic acids is 1. The van der Waals surface area contributed by atoms with Crippen molar-refractivity contribution in [1.82, 2.24) is 5.32 Å². The summed E-state index contributed by atoms with van der Waals surface area (Å²) >= 11 is 12.0. The molecule has 0 spiro atoms. The fraction of sp³-hybridized carbons (Fsp3) is 0.533. The normalized spacial score (nSPS) is 11.5. The van der Waals surface area contributed by atoms with Crippen LogP contribution >= 0.6 is 23.2 Å². The quantitative estimate of drug-likeness (QED) is 0.684. The van der Waals surface area contributed by atoms with E-state index in [2.05, 4.69) is 10.6 Å². The first-order chi connectivity index (χ1) is 9.98. The van der Waals surface area contributed by atoms with Gasteiger partial charge in [-0.05, 0) is 25.0 Å². The van der Waals surface area contributed by atoms with Crippen LogP contribution in [-0.2, 0) is 4.79 Å². The van der Waals surface area contributed by atoms with E-state index in [1.165, 1.54) is 0 Å². The molecule has 1 aromatic rings. The number of benzene rings is 1. The highest BCUT2D eigenvalue weighted by Gasteiger charge is 2.24. The summed E-state index contributed by atoms with van der Waals surface area (Å²) in [6, 6.07) is 5.06. The van der Waals surface area contributed by atoms with Crippen molar-refractivity contribution in [2.75, 3.05) is 25.0 Å². The predicted octanol–water partition coefficient (Wildman–Crippen LogP) is 3.32. The average molecular weight is 333 g/mol. The zero-order valence-electron chi connectivity index (χ0n) is 12.4. The summed E-state index contributed by atoms with van der Waals surface area (Å²) in [4.78, 5) is 11.9. The molecule has 1 rings (SSSR count). The maximum Gasteiger partial charge on any atom is 0.238 e. The number of hydrogen-bond donors (Lipinski definition) is 3. The number of anilines is 1. The van der Waals surface area contributed by atoms with Crippen molar-refractivity contribution < 1.29 is 9.90 Å². The zero-order valence-corrected chi connectivity index (χ0v) is 13.9. The molecule has 0 heterocycles. The van der Waals surface area contributed by atoms with Gasteiger partial charge in [0.2, 0.25) is 5.91 Å². The summed E-state index contributed by atoms with van der Waals surface area (Å²) in [6.45, 7) is 4.89. The standard InChI is InChI=1S/C15H22Cl2N2O2/c1-3-15(4-2,10-20)9-18-8-13(21)19-14-11(16)6-5-7-12(14)17/h5-7,18,20H,3-4,8-10H2,1-2H3,(H,19,21). The first-order valence-corrected chi connectivity index (χ1v) is 7.79. The van der Waals surface area contributed by atoms with Crippen LogP contribution in [0.1, 0.15) is 26.7 Å². The molecule has 0 bridgehead atoms. The molecule has 118 valence electrons. The first-order valence-electron chi connectivity index (χ1n) is 7.03. The third kappa shape index (κ3) is 5.15.